The molecule has 14 heavy (non-hydrogen) atoms. The van der Waals surface area contributed by atoms with Gasteiger partial charge in [-0.2, -0.15) is 0 Å². The summed E-state index contributed by atoms with van der Waals surface area (Å²) in [6.45, 7) is 7.80. The van der Waals surface area contributed by atoms with Gasteiger partial charge in [0.15, 0.2) is 5.16 Å². The van der Waals surface area contributed by atoms with Crippen molar-refractivity contribution in [1.29, 1.82) is 0 Å². The molecule has 1 rings (SSSR count). The van der Waals surface area contributed by atoms with Gasteiger partial charge < -0.3 is 10.3 Å². The largest absolute Gasteiger partial charge is 0.324 e. The van der Waals surface area contributed by atoms with E-state index in [1.54, 1.807) is 11.8 Å². The van der Waals surface area contributed by atoms with E-state index in [2.05, 4.69) is 35.5 Å². The van der Waals surface area contributed by atoms with Crippen molar-refractivity contribution in [2.75, 3.05) is 0 Å². The first kappa shape index (κ1) is 11.5. The molecule has 0 saturated carbocycles. The minimum Gasteiger partial charge on any atom is -0.324 e. The molecule has 1 aromatic rings. The summed E-state index contributed by atoms with van der Waals surface area (Å²) in [7, 11) is 0. The third-order valence-electron chi connectivity index (χ3n) is 2.17. The first-order chi connectivity index (χ1) is 6.72. The number of thioether (sulfide) groups is 1. The molecule has 2 N–H and O–H groups in total. The van der Waals surface area contributed by atoms with Gasteiger partial charge >= 0.3 is 0 Å². The van der Waals surface area contributed by atoms with E-state index in [9.17, 15) is 0 Å². The lowest BCUT2D eigenvalue weighted by Crippen LogP contribution is -2.08. The van der Waals surface area contributed by atoms with Crippen molar-refractivity contribution in [1.82, 2.24) is 14.8 Å². The average Bonchev–Trinajstić information content (AvgIpc) is 2.59. The fraction of sp³-hybridized carbons (Fsp3) is 0.778. The maximum Gasteiger partial charge on any atom is 0.191 e. The number of nitrogens with zero attached hydrogens (tertiary/aromatic N) is 3. The molecule has 0 fully saturated rings. The monoisotopic (exact) mass is 214 g/mol. The Bertz CT molecular complexity index is 284. The van der Waals surface area contributed by atoms with Crippen LogP contribution in [-0.2, 0) is 13.1 Å². The minimum atomic E-state index is 0.460. The SMILES string of the molecule is CCC(C)Sc1nnc(CN)n1CC. The van der Waals surface area contributed by atoms with E-state index < -0.39 is 0 Å². The summed E-state index contributed by atoms with van der Waals surface area (Å²) in [6, 6.07) is 0. The van der Waals surface area contributed by atoms with E-state index in [1.165, 1.54) is 0 Å². The highest BCUT2D eigenvalue weighted by Crippen LogP contribution is 2.23. The van der Waals surface area contributed by atoms with Crippen LogP contribution in [0.15, 0.2) is 5.16 Å². The molecule has 1 unspecified atom stereocenters. The molecule has 1 atom stereocenters. The summed E-state index contributed by atoms with van der Waals surface area (Å²) in [5, 5.41) is 9.77. The molecule has 0 bridgehead atoms. The fourth-order valence-electron chi connectivity index (χ4n) is 1.14. The number of rotatable bonds is 5. The molecule has 1 heterocycles. The van der Waals surface area contributed by atoms with E-state index in [0.717, 1.165) is 23.9 Å². The first-order valence-corrected chi connectivity index (χ1v) is 5.89. The zero-order valence-electron chi connectivity index (χ0n) is 9.03. The Morgan fingerprint density at radius 1 is 1.43 bits per heavy atom. The van der Waals surface area contributed by atoms with E-state index in [-0.39, 0.29) is 0 Å². The fourth-order valence-corrected chi connectivity index (χ4v) is 2.11. The van der Waals surface area contributed by atoms with Crippen molar-refractivity contribution >= 4 is 11.8 Å². The summed E-state index contributed by atoms with van der Waals surface area (Å²) >= 11 is 1.76. The van der Waals surface area contributed by atoms with Crippen LogP contribution >= 0.6 is 11.8 Å². The van der Waals surface area contributed by atoms with Crippen LogP contribution in [0.2, 0.25) is 0 Å². The van der Waals surface area contributed by atoms with Gasteiger partial charge in [0, 0.05) is 11.8 Å². The van der Waals surface area contributed by atoms with Gasteiger partial charge in [0.25, 0.3) is 0 Å². The Morgan fingerprint density at radius 2 is 2.14 bits per heavy atom. The molecule has 0 aliphatic carbocycles. The maximum absolute atomic E-state index is 5.57. The standard InChI is InChI=1S/C9H18N4S/c1-4-7(3)14-9-12-11-8(6-10)13(9)5-2/h7H,4-6,10H2,1-3H3. The molecule has 5 heteroatoms. The molecule has 0 aliphatic rings. The summed E-state index contributed by atoms with van der Waals surface area (Å²) in [5.41, 5.74) is 5.57. The predicted octanol–water partition coefficient (Wildman–Crippen LogP) is 1.65. The van der Waals surface area contributed by atoms with Crippen molar-refractivity contribution in [2.45, 2.75) is 50.7 Å². The number of nitrogens with two attached hydrogens (primary N) is 1. The van der Waals surface area contributed by atoms with Gasteiger partial charge in [-0.15, -0.1) is 10.2 Å². The van der Waals surface area contributed by atoms with Crippen LogP contribution in [0.25, 0.3) is 0 Å². The second-order valence-corrected chi connectivity index (χ2v) is 4.59. The molecule has 0 saturated heterocycles. The Hall–Kier alpha value is -0.550. The molecule has 0 aromatic carbocycles. The Balaban J connectivity index is 2.80. The lowest BCUT2D eigenvalue weighted by atomic mass is 10.4. The van der Waals surface area contributed by atoms with Gasteiger partial charge in [-0.1, -0.05) is 25.6 Å². The second-order valence-electron chi connectivity index (χ2n) is 3.18. The van der Waals surface area contributed by atoms with Crippen LogP contribution in [-0.4, -0.2) is 20.0 Å². The predicted molar refractivity (Wildman–Crippen MR) is 59.2 cm³/mol. The van der Waals surface area contributed by atoms with Crippen molar-refractivity contribution in [3.05, 3.63) is 5.82 Å². The van der Waals surface area contributed by atoms with Gasteiger partial charge in [-0.3, -0.25) is 0 Å². The van der Waals surface area contributed by atoms with Crippen molar-refractivity contribution in [3.63, 3.8) is 0 Å². The maximum atomic E-state index is 5.57. The van der Waals surface area contributed by atoms with Gasteiger partial charge in [0.05, 0.1) is 6.54 Å². The summed E-state index contributed by atoms with van der Waals surface area (Å²) in [6.07, 6.45) is 1.14. The quantitative estimate of drug-likeness (QED) is 0.757. The van der Waals surface area contributed by atoms with E-state index in [0.29, 0.717) is 11.8 Å². The van der Waals surface area contributed by atoms with Crippen LogP contribution in [0.3, 0.4) is 0 Å². The Morgan fingerprint density at radius 3 is 2.64 bits per heavy atom. The Labute approximate surface area is 89.3 Å². The highest BCUT2D eigenvalue weighted by molar-refractivity contribution is 7.99. The topological polar surface area (TPSA) is 56.7 Å². The summed E-state index contributed by atoms with van der Waals surface area (Å²) in [5.74, 6) is 0.873. The number of aromatic nitrogens is 3. The molecular formula is C9H18N4S. The minimum absolute atomic E-state index is 0.460. The average molecular weight is 214 g/mol. The second kappa shape index (κ2) is 5.36. The van der Waals surface area contributed by atoms with Crippen LogP contribution in [0.1, 0.15) is 33.0 Å². The molecule has 0 amide bonds. The summed E-state index contributed by atoms with van der Waals surface area (Å²) < 4.78 is 2.08. The van der Waals surface area contributed by atoms with E-state index in [4.69, 9.17) is 5.73 Å². The number of hydrogen-bond donors (Lipinski definition) is 1. The lowest BCUT2D eigenvalue weighted by molar-refractivity contribution is 0.641. The molecule has 80 valence electrons. The first-order valence-electron chi connectivity index (χ1n) is 5.01. The third-order valence-corrected chi connectivity index (χ3v) is 3.42. The zero-order valence-corrected chi connectivity index (χ0v) is 9.84. The zero-order chi connectivity index (χ0) is 10.6. The molecule has 0 aliphatic heterocycles. The third kappa shape index (κ3) is 2.48. The highest BCUT2D eigenvalue weighted by Gasteiger charge is 2.12. The van der Waals surface area contributed by atoms with Crippen molar-refractivity contribution in [3.8, 4) is 0 Å². The van der Waals surface area contributed by atoms with Gasteiger partial charge in [0.1, 0.15) is 5.82 Å². The Kier molecular flexibility index (Phi) is 4.41. The van der Waals surface area contributed by atoms with E-state index >= 15 is 0 Å². The van der Waals surface area contributed by atoms with E-state index in [1.807, 2.05) is 0 Å². The van der Waals surface area contributed by atoms with Crippen LogP contribution in [0.5, 0.6) is 0 Å². The summed E-state index contributed by atoms with van der Waals surface area (Å²) in [4.78, 5) is 0. The molecular weight excluding hydrogens is 196 g/mol. The van der Waals surface area contributed by atoms with Gasteiger partial charge in [-0.05, 0) is 13.3 Å². The van der Waals surface area contributed by atoms with Crippen molar-refractivity contribution in [2.24, 2.45) is 5.73 Å². The van der Waals surface area contributed by atoms with Gasteiger partial charge in [-0.25, -0.2) is 0 Å². The smallest absolute Gasteiger partial charge is 0.191 e. The van der Waals surface area contributed by atoms with Crippen molar-refractivity contribution < 1.29 is 0 Å². The molecule has 0 radical (unpaired) electrons. The highest BCUT2D eigenvalue weighted by atomic mass is 32.2. The van der Waals surface area contributed by atoms with Crippen LogP contribution in [0, 0.1) is 0 Å². The normalized spacial score (nSPS) is 13.1. The van der Waals surface area contributed by atoms with Gasteiger partial charge in [0.2, 0.25) is 0 Å². The van der Waals surface area contributed by atoms with Crippen LogP contribution < -0.4 is 5.73 Å². The lowest BCUT2D eigenvalue weighted by Gasteiger charge is -2.09. The molecule has 0 spiro atoms. The van der Waals surface area contributed by atoms with Crippen LogP contribution in [0.4, 0.5) is 0 Å². The number of hydrogen-bond acceptors (Lipinski definition) is 4. The molecule has 4 nitrogen and oxygen atoms in total. The molecule has 1 aromatic heterocycles.